The first-order chi connectivity index (χ1) is 15.4. The Balaban J connectivity index is 1.18. The molecule has 0 radical (unpaired) electrons. The number of piperidine rings is 2. The van der Waals surface area contributed by atoms with Crippen LogP contribution in [-0.4, -0.2) is 63.4 Å². The molecular weight excluding hydrogens is 420 g/mol. The Morgan fingerprint density at radius 3 is 2.44 bits per heavy atom. The van der Waals surface area contributed by atoms with Crippen molar-refractivity contribution < 1.29 is 9.53 Å². The lowest BCUT2D eigenvalue weighted by atomic mass is 9.82. The Hall–Kier alpha value is -1.99. The van der Waals surface area contributed by atoms with Gasteiger partial charge in [-0.05, 0) is 68.3 Å². The molecule has 32 heavy (non-hydrogen) atoms. The first-order valence-corrected chi connectivity index (χ1v) is 12.7. The summed E-state index contributed by atoms with van der Waals surface area (Å²) in [5, 5.41) is 1.53. The maximum absolute atomic E-state index is 12.6. The van der Waals surface area contributed by atoms with Crippen LogP contribution in [0.5, 0.6) is 5.75 Å². The second-order valence-corrected chi connectivity index (χ2v) is 11.2. The van der Waals surface area contributed by atoms with Gasteiger partial charge in [-0.25, -0.2) is 9.78 Å². The number of amides is 1. The summed E-state index contributed by atoms with van der Waals surface area (Å²) in [5.74, 6) is 0.628. The summed E-state index contributed by atoms with van der Waals surface area (Å²) in [6, 6.07) is 8.03. The number of carbonyl (C=O) groups is 1. The van der Waals surface area contributed by atoms with Crippen LogP contribution in [0.3, 0.4) is 0 Å². The zero-order valence-electron chi connectivity index (χ0n) is 19.6. The van der Waals surface area contributed by atoms with Gasteiger partial charge in [0.1, 0.15) is 5.75 Å². The SMILES string of the molecule is Cn1ccnc1SC1CCN(C(=O)Oc2ccc(CCN3CCC(C)(C)CC3)cc2)CC1. The second-order valence-electron chi connectivity index (χ2n) is 9.89. The minimum atomic E-state index is -0.242. The summed E-state index contributed by atoms with van der Waals surface area (Å²) in [7, 11) is 2.02. The Kier molecular flexibility index (Phi) is 7.46. The van der Waals surface area contributed by atoms with Crippen molar-refractivity contribution in [2.24, 2.45) is 12.5 Å². The van der Waals surface area contributed by atoms with E-state index in [4.69, 9.17) is 4.74 Å². The van der Waals surface area contributed by atoms with Crippen LogP contribution >= 0.6 is 11.8 Å². The number of rotatable bonds is 6. The number of hydrogen-bond acceptors (Lipinski definition) is 5. The van der Waals surface area contributed by atoms with E-state index >= 15 is 0 Å². The number of imidazole rings is 1. The van der Waals surface area contributed by atoms with Crippen LogP contribution in [0.15, 0.2) is 41.8 Å². The number of aryl methyl sites for hydroxylation is 1. The Morgan fingerprint density at radius 2 is 1.81 bits per heavy atom. The summed E-state index contributed by atoms with van der Waals surface area (Å²) in [6.45, 7) is 9.68. The molecule has 2 aliphatic heterocycles. The van der Waals surface area contributed by atoms with Gasteiger partial charge in [0.15, 0.2) is 5.16 Å². The number of thioether (sulfide) groups is 1. The Labute approximate surface area is 196 Å². The fourth-order valence-corrected chi connectivity index (χ4v) is 5.42. The van der Waals surface area contributed by atoms with E-state index in [1.165, 1.54) is 31.5 Å². The predicted octanol–water partition coefficient (Wildman–Crippen LogP) is 4.84. The Morgan fingerprint density at radius 1 is 1.12 bits per heavy atom. The smallest absolute Gasteiger partial charge is 0.410 e. The summed E-state index contributed by atoms with van der Waals surface area (Å²) in [4.78, 5) is 21.4. The molecule has 2 saturated heterocycles. The number of ether oxygens (including phenoxy) is 1. The first kappa shape index (κ1) is 23.2. The quantitative estimate of drug-likeness (QED) is 0.623. The van der Waals surface area contributed by atoms with Crippen LogP contribution in [0.4, 0.5) is 4.79 Å². The molecule has 0 bridgehead atoms. The first-order valence-electron chi connectivity index (χ1n) is 11.8. The molecule has 1 amide bonds. The fourth-order valence-electron chi connectivity index (χ4n) is 4.33. The van der Waals surface area contributed by atoms with Gasteiger partial charge in [-0.15, -0.1) is 0 Å². The monoisotopic (exact) mass is 456 g/mol. The molecule has 3 heterocycles. The van der Waals surface area contributed by atoms with Crippen molar-refractivity contribution >= 4 is 17.9 Å². The molecule has 4 rings (SSSR count). The summed E-state index contributed by atoms with van der Waals surface area (Å²) >= 11 is 1.80. The lowest BCUT2D eigenvalue weighted by molar-refractivity contribution is 0.134. The molecule has 2 fully saturated rings. The number of aromatic nitrogens is 2. The molecule has 0 spiro atoms. The molecule has 1 aromatic heterocycles. The lowest BCUT2D eigenvalue weighted by Crippen LogP contribution is -2.41. The van der Waals surface area contributed by atoms with Crippen molar-refractivity contribution in [2.75, 3.05) is 32.7 Å². The highest BCUT2D eigenvalue weighted by Crippen LogP contribution is 2.30. The maximum Gasteiger partial charge on any atom is 0.415 e. The lowest BCUT2D eigenvalue weighted by Gasteiger charge is -2.36. The van der Waals surface area contributed by atoms with Crippen molar-refractivity contribution in [3.05, 3.63) is 42.2 Å². The van der Waals surface area contributed by atoms with Crippen molar-refractivity contribution in [2.45, 2.75) is 56.4 Å². The highest BCUT2D eigenvalue weighted by atomic mass is 32.2. The van der Waals surface area contributed by atoms with Gasteiger partial charge in [-0.1, -0.05) is 37.7 Å². The molecule has 1 aromatic carbocycles. The molecule has 174 valence electrons. The van der Waals surface area contributed by atoms with E-state index in [2.05, 4.69) is 35.9 Å². The van der Waals surface area contributed by atoms with Crippen molar-refractivity contribution in [3.8, 4) is 5.75 Å². The molecule has 0 atom stereocenters. The van der Waals surface area contributed by atoms with Gasteiger partial charge < -0.3 is 19.1 Å². The molecular formula is C25H36N4O2S. The highest BCUT2D eigenvalue weighted by Gasteiger charge is 2.26. The van der Waals surface area contributed by atoms with Gasteiger partial charge in [-0.2, -0.15) is 0 Å². The number of likely N-dealkylation sites (tertiary alicyclic amines) is 2. The molecule has 0 N–H and O–H groups in total. The van der Waals surface area contributed by atoms with E-state index in [0.717, 1.165) is 44.1 Å². The van der Waals surface area contributed by atoms with Crippen LogP contribution in [-0.2, 0) is 13.5 Å². The summed E-state index contributed by atoms with van der Waals surface area (Å²) in [5.41, 5.74) is 1.79. The fraction of sp³-hybridized carbons (Fsp3) is 0.600. The summed E-state index contributed by atoms with van der Waals surface area (Å²) < 4.78 is 7.68. The average molecular weight is 457 g/mol. The van der Waals surface area contributed by atoms with Gasteiger partial charge in [0, 0.05) is 44.3 Å². The third-order valence-corrected chi connectivity index (χ3v) is 8.21. The molecule has 2 aromatic rings. The molecule has 0 aliphatic carbocycles. The maximum atomic E-state index is 12.6. The molecule has 0 saturated carbocycles. The van der Waals surface area contributed by atoms with E-state index in [-0.39, 0.29) is 6.09 Å². The number of nitrogens with zero attached hydrogens (tertiary/aromatic N) is 4. The standard InChI is InChI=1S/C25H36N4O2S/c1-25(2)11-17-28(18-12-25)14-8-20-4-6-21(7-5-20)31-24(30)29-15-9-22(10-16-29)32-23-26-13-19-27(23)3/h4-7,13,19,22H,8-12,14-18H2,1-3H3. The molecule has 0 unspecified atom stereocenters. The molecule has 2 aliphatic rings. The van der Waals surface area contributed by atoms with Crippen molar-refractivity contribution in [1.29, 1.82) is 0 Å². The van der Waals surface area contributed by atoms with Crippen molar-refractivity contribution in [3.63, 3.8) is 0 Å². The van der Waals surface area contributed by atoms with Crippen LogP contribution in [0.2, 0.25) is 0 Å². The minimum Gasteiger partial charge on any atom is -0.410 e. The third-order valence-electron chi connectivity index (χ3n) is 6.80. The zero-order chi connectivity index (χ0) is 22.6. The van der Waals surface area contributed by atoms with Gasteiger partial charge in [0.2, 0.25) is 0 Å². The van der Waals surface area contributed by atoms with Crippen LogP contribution in [0.1, 0.15) is 45.1 Å². The zero-order valence-corrected chi connectivity index (χ0v) is 20.4. The normalized spacial score (nSPS) is 19.8. The van der Waals surface area contributed by atoms with Gasteiger partial charge >= 0.3 is 6.09 Å². The summed E-state index contributed by atoms with van der Waals surface area (Å²) in [6.07, 6.45) is 9.06. The number of carbonyl (C=O) groups excluding carboxylic acids is 1. The van der Waals surface area contributed by atoms with E-state index in [9.17, 15) is 4.79 Å². The van der Waals surface area contributed by atoms with Crippen LogP contribution in [0.25, 0.3) is 0 Å². The largest absolute Gasteiger partial charge is 0.415 e. The third kappa shape index (κ3) is 6.29. The van der Waals surface area contributed by atoms with E-state index < -0.39 is 0 Å². The van der Waals surface area contributed by atoms with Crippen LogP contribution < -0.4 is 4.74 Å². The molecule has 6 nitrogen and oxygen atoms in total. The van der Waals surface area contributed by atoms with Gasteiger partial charge in [-0.3, -0.25) is 0 Å². The van der Waals surface area contributed by atoms with E-state index in [1.54, 1.807) is 11.8 Å². The van der Waals surface area contributed by atoms with Gasteiger partial charge in [0.25, 0.3) is 0 Å². The van der Waals surface area contributed by atoms with E-state index in [1.807, 2.05) is 41.0 Å². The average Bonchev–Trinajstić information content (AvgIpc) is 3.19. The highest BCUT2D eigenvalue weighted by molar-refractivity contribution is 7.99. The number of hydrogen-bond donors (Lipinski definition) is 0. The Bertz CT molecular complexity index is 878. The number of benzene rings is 1. The molecule has 7 heteroatoms. The minimum absolute atomic E-state index is 0.242. The predicted molar refractivity (Wildman–Crippen MR) is 129 cm³/mol. The van der Waals surface area contributed by atoms with Crippen LogP contribution in [0, 0.1) is 5.41 Å². The van der Waals surface area contributed by atoms with E-state index in [0.29, 0.717) is 16.4 Å². The van der Waals surface area contributed by atoms with Gasteiger partial charge in [0.05, 0.1) is 0 Å². The topological polar surface area (TPSA) is 50.6 Å². The second kappa shape index (κ2) is 10.3. The van der Waals surface area contributed by atoms with Crippen molar-refractivity contribution in [1.82, 2.24) is 19.4 Å².